The first-order valence-corrected chi connectivity index (χ1v) is 12.0. The molecule has 0 unspecified atom stereocenters. The van der Waals surface area contributed by atoms with Crippen LogP contribution in [0.1, 0.15) is 54.2 Å². The van der Waals surface area contributed by atoms with Gasteiger partial charge in [0, 0.05) is 32.4 Å². The number of methoxy groups -OCH3 is 1. The smallest absolute Gasteiger partial charge is 0.344 e. The predicted octanol–water partition coefficient (Wildman–Crippen LogP) is 4.28. The van der Waals surface area contributed by atoms with Crippen LogP contribution in [-0.4, -0.2) is 67.3 Å². The first kappa shape index (κ1) is 27.9. The monoisotopic (exact) mass is 483 g/mol. The van der Waals surface area contributed by atoms with Gasteiger partial charge in [0.05, 0.1) is 24.7 Å². The highest BCUT2D eigenvalue weighted by atomic mass is 16.5. The molecule has 0 radical (unpaired) electrons. The van der Waals surface area contributed by atoms with E-state index >= 15 is 0 Å². The molecule has 2 rings (SSSR count). The van der Waals surface area contributed by atoms with E-state index in [1.807, 2.05) is 50.9 Å². The lowest BCUT2D eigenvalue weighted by Crippen LogP contribution is -2.35. The zero-order chi connectivity index (χ0) is 26.0. The number of rotatable bonds is 14. The van der Waals surface area contributed by atoms with Crippen LogP contribution < -0.4 is 9.64 Å². The van der Waals surface area contributed by atoms with E-state index in [9.17, 15) is 9.59 Å². The fourth-order valence-corrected chi connectivity index (χ4v) is 3.86. The van der Waals surface area contributed by atoms with Gasteiger partial charge in [-0.05, 0) is 62.2 Å². The zero-order valence-corrected chi connectivity index (χ0v) is 21.5. The molecular weight excluding hydrogens is 446 g/mol. The minimum Gasteiger partial charge on any atom is -0.497 e. The molecule has 190 valence electrons. The molecule has 0 aliphatic carbocycles. The van der Waals surface area contributed by atoms with Crippen LogP contribution in [-0.2, 0) is 22.4 Å². The van der Waals surface area contributed by atoms with Gasteiger partial charge in [-0.25, -0.2) is 9.78 Å². The van der Waals surface area contributed by atoms with Crippen molar-refractivity contribution in [2.45, 2.75) is 40.0 Å². The third kappa shape index (κ3) is 7.55. The number of hydrogen-bond acceptors (Lipinski definition) is 7. The maximum Gasteiger partial charge on any atom is 0.344 e. The van der Waals surface area contributed by atoms with Crippen molar-refractivity contribution >= 4 is 23.5 Å². The second kappa shape index (κ2) is 13.5. The summed E-state index contributed by atoms with van der Waals surface area (Å²) in [5.74, 6) is 0.355. The zero-order valence-electron chi connectivity index (χ0n) is 21.5. The molecule has 0 fully saturated rings. The number of carbonyl (C=O) groups excluding carboxylic acids is 1. The topological polar surface area (TPSA) is 92.2 Å². The second-order valence-corrected chi connectivity index (χ2v) is 8.24. The number of carboxylic acids is 1. The van der Waals surface area contributed by atoms with Gasteiger partial charge in [0.15, 0.2) is 0 Å². The van der Waals surface area contributed by atoms with E-state index in [1.165, 1.54) is 0 Å². The second-order valence-electron chi connectivity index (χ2n) is 8.24. The number of ether oxygens (including phenoxy) is 2. The summed E-state index contributed by atoms with van der Waals surface area (Å²) in [6.07, 6.45) is 3.12. The van der Waals surface area contributed by atoms with Crippen LogP contribution in [0, 0.1) is 0 Å². The summed E-state index contributed by atoms with van der Waals surface area (Å²) >= 11 is 0. The molecule has 0 saturated carbocycles. The number of hydrogen-bond donors (Lipinski definition) is 1. The number of aliphatic carboxylic acids is 1. The largest absolute Gasteiger partial charge is 0.497 e. The number of carbonyl (C=O) groups is 2. The number of carboxylic acid groups (broad SMARTS) is 1. The van der Waals surface area contributed by atoms with Crippen LogP contribution in [0.25, 0.3) is 5.76 Å². The van der Waals surface area contributed by atoms with E-state index in [4.69, 9.17) is 14.6 Å². The van der Waals surface area contributed by atoms with Crippen molar-refractivity contribution < 1.29 is 24.2 Å². The Morgan fingerprint density at radius 1 is 1.09 bits per heavy atom. The Kier molecular flexibility index (Phi) is 10.7. The maximum atomic E-state index is 13.3. The minimum absolute atomic E-state index is 0.0923. The number of aromatic nitrogens is 1. The van der Waals surface area contributed by atoms with Gasteiger partial charge in [0.1, 0.15) is 17.3 Å². The molecule has 2 aromatic rings. The summed E-state index contributed by atoms with van der Waals surface area (Å²) < 4.78 is 11.2. The Hall–Kier alpha value is -3.39. The van der Waals surface area contributed by atoms with Crippen molar-refractivity contribution in [3.05, 3.63) is 59.3 Å². The molecule has 0 bridgehead atoms. The van der Waals surface area contributed by atoms with Gasteiger partial charge in [0.25, 0.3) is 0 Å². The highest BCUT2D eigenvalue weighted by Gasteiger charge is 2.22. The van der Waals surface area contributed by atoms with Crippen molar-refractivity contribution in [3.8, 4) is 5.75 Å². The Morgan fingerprint density at radius 3 is 2.29 bits per heavy atom. The summed E-state index contributed by atoms with van der Waals surface area (Å²) in [5.41, 5.74) is 2.92. The average molecular weight is 484 g/mol. The van der Waals surface area contributed by atoms with Crippen molar-refractivity contribution in [2.24, 2.45) is 0 Å². The van der Waals surface area contributed by atoms with Gasteiger partial charge < -0.3 is 24.4 Å². The molecule has 1 heterocycles. The molecule has 1 N–H and O–H groups in total. The molecule has 0 aliphatic heterocycles. The molecule has 0 spiro atoms. The highest BCUT2D eigenvalue weighted by molar-refractivity contribution is 5.96. The number of benzene rings is 1. The van der Waals surface area contributed by atoms with Gasteiger partial charge in [-0.2, -0.15) is 0 Å². The number of anilines is 1. The first-order valence-electron chi connectivity index (χ1n) is 12.0. The number of likely N-dealkylation sites (N-methyl/N-ethyl adjacent to an activating group) is 2. The van der Waals surface area contributed by atoms with Crippen LogP contribution >= 0.6 is 0 Å². The molecule has 0 aliphatic rings. The molecule has 0 saturated heterocycles. The number of pyridine rings is 1. The average Bonchev–Trinajstić information content (AvgIpc) is 2.86. The summed E-state index contributed by atoms with van der Waals surface area (Å²) in [7, 11) is 3.50. The SMILES string of the molecule is C=C(OC(=O)c1c(CC)cc(OC)cc1CC)c1cccnc1N(CC)CCN(C)CCC(=O)O. The number of aryl methyl sites for hydroxylation is 2. The fourth-order valence-electron chi connectivity index (χ4n) is 3.86. The molecule has 8 heteroatoms. The summed E-state index contributed by atoms with van der Waals surface area (Å²) in [6.45, 7) is 12.5. The highest BCUT2D eigenvalue weighted by Crippen LogP contribution is 2.29. The van der Waals surface area contributed by atoms with E-state index in [2.05, 4.69) is 16.5 Å². The predicted molar refractivity (Wildman–Crippen MR) is 138 cm³/mol. The standard InChI is InChI=1S/C27H37N3O5/c1-7-20-17-22(34-6)18-21(8-2)25(20)27(33)35-19(4)23-11-10-13-28-26(23)30(9-3)16-15-29(5)14-12-24(31)32/h10-11,13,17-18H,4,7-9,12,14-16H2,1-3,5-6H3,(H,31,32). The molecule has 0 atom stereocenters. The molecule has 1 aromatic heterocycles. The number of nitrogens with zero attached hydrogens (tertiary/aromatic N) is 3. The Morgan fingerprint density at radius 2 is 1.74 bits per heavy atom. The van der Waals surface area contributed by atoms with Crippen LogP contribution in [0.4, 0.5) is 5.82 Å². The summed E-state index contributed by atoms with van der Waals surface area (Å²) in [6, 6.07) is 7.36. The fraction of sp³-hybridized carbons (Fsp3) is 0.444. The van der Waals surface area contributed by atoms with E-state index in [0.717, 1.165) is 16.9 Å². The molecule has 35 heavy (non-hydrogen) atoms. The Labute approximate surface area is 208 Å². The normalized spacial score (nSPS) is 10.8. The van der Waals surface area contributed by atoms with Gasteiger partial charge >= 0.3 is 11.9 Å². The summed E-state index contributed by atoms with van der Waals surface area (Å²) in [4.78, 5) is 32.7. The maximum absolute atomic E-state index is 13.3. The lowest BCUT2D eigenvalue weighted by Gasteiger charge is -2.27. The molecule has 0 amide bonds. The van der Waals surface area contributed by atoms with Gasteiger partial charge in [-0.1, -0.05) is 20.4 Å². The van der Waals surface area contributed by atoms with E-state index in [1.54, 1.807) is 19.4 Å². The minimum atomic E-state index is -0.816. The van der Waals surface area contributed by atoms with Crippen LogP contribution in [0.15, 0.2) is 37.0 Å². The van der Waals surface area contributed by atoms with Crippen molar-refractivity contribution in [1.29, 1.82) is 0 Å². The van der Waals surface area contributed by atoms with E-state index in [0.29, 0.717) is 56.0 Å². The van der Waals surface area contributed by atoms with E-state index in [-0.39, 0.29) is 12.2 Å². The van der Waals surface area contributed by atoms with Crippen LogP contribution in [0.5, 0.6) is 5.75 Å². The van der Waals surface area contributed by atoms with Crippen molar-refractivity contribution in [3.63, 3.8) is 0 Å². The van der Waals surface area contributed by atoms with Crippen LogP contribution in [0.3, 0.4) is 0 Å². The third-order valence-electron chi connectivity index (χ3n) is 5.92. The third-order valence-corrected chi connectivity index (χ3v) is 5.92. The quantitative estimate of drug-likeness (QED) is 0.315. The lowest BCUT2D eigenvalue weighted by atomic mass is 9.97. The Bertz CT molecular complexity index is 1010. The van der Waals surface area contributed by atoms with Gasteiger partial charge in [0.2, 0.25) is 0 Å². The summed E-state index contributed by atoms with van der Waals surface area (Å²) in [5, 5.41) is 8.90. The van der Waals surface area contributed by atoms with E-state index < -0.39 is 11.9 Å². The molecule has 1 aromatic carbocycles. The van der Waals surface area contributed by atoms with Crippen LogP contribution in [0.2, 0.25) is 0 Å². The van der Waals surface area contributed by atoms with Gasteiger partial charge in [-0.15, -0.1) is 0 Å². The lowest BCUT2D eigenvalue weighted by molar-refractivity contribution is -0.137. The molecule has 8 nitrogen and oxygen atoms in total. The number of esters is 1. The van der Waals surface area contributed by atoms with Crippen molar-refractivity contribution in [2.75, 3.05) is 45.2 Å². The van der Waals surface area contributed by atoms with Crippen molar-refractivity contribution in [1.82, 2.24) is 9.88 Å². The Balaban J connectivity index is 2.24. The van der Waals surface area contributed by atoms with Gasteiger partial charge in [-0.3, -0.25) is 4.79 Å². The molecular formula is C27H37N3O5. The first-order chi connectivity index (χ1) is 16.7.